The first-order valence-electron chi connectivity index (χ1n) is 7.27. The molecule has 0 aromatic heterocycles. The highest BCUT2D eigenvalue weighted by atomic mass is 16.1. The highest BCUT2D eigenvalue weighted by Crippen LogP contribution is 2.29. The third-order valence-electron chi connectivity index (χ3n) is 3.83. The van der Waals surface area contributed by atoms with E-state index >= 15 is 0 Å². The molecule has 0 fully saturated rings. The maximum absolute atomic E-state index is 11.7. The van der Waals surface area contributed by atoms with E-state index in [9.17, 15) is 4.79 Å². The van der Waals surface area contributed by atoms with Crippen LogP contribution in [0.3, 0.4) is 0 Å². The van der Waals surface area contributed by atoms with Crippen LogP contribution < -0.4 is 0 Å². The number of hydrogen-bond donors (Lipinski definition) is 0. The van der Waals surface area contributed by atoms with Crippen molar-refractivity contribution in [1.29, 1.82) is 0 Å². The van der Waals surface area contributed by atoms with E-state index in [4.69, 9.17) is 0 Å². The number of Topliss-reactive ketones (excluding diaryl/α,β-unsaturated/α-hetero) is 1. The Bertz CT molecular complexity index is 345. The molecule has 0 saturated carbocycles. The Kier molecular flexibility index (Phi) is 5.84. The molecule has 0 bridgehead atoms. The average Bonchev–Trinajstić information content (AvgIpc) is 2.24. The second-order valence-electron chi connectivity index (χ2n) is 6.26. The molecule has 0 aliphatic heterocycles. The van der Waals surface area contributed by atoms with E-state index in [0.29, 0.717) is 17.6 Å². The minimum absolute atomic E-state index is 0.232. The zero-order chi connectivity index (χ0) is 13.7. The molecule has 3 atom stereocenters. The van der Waals surface area contributed by atoms with Gasteiger partial charge in [-0.1, -0.05) is 38.0 Å². The lowest BCUT2D eigenvalue weighted by molar-refractivity contribution is -0.119. The van der Waals surface area contributed by atoms with Gasteiger partial charge in [0.15, 0.2) is 5.78 Å². The summed E-state index contributed by atoms with van der Waals surface area (Å²) >= 11 is 0. The Morgan fingerprint density at radius 2 is 2.17 bits per heavy atom. The summed E-state index contributed by atoms with van der Waals surface area (Å²) in [5.41, 5.74) is 2.39. The standard InChI is InChI=1S/C17H28O/c1-12(2)9-13(3)7-6-8-16-10-14(4)17(18)15(5)11-16/h9-10,13,15-16H,6-8,11H2,1-5H3. The van der Waals surface area contributed by atoms with Gasteiger partial charge in [-0.2, -0.15) is 0 Å². The highest BCUT2D eigenvalue weighted by molar-refractivity contribution is 5.97. The molecule has 0 saturated heterocycles. The SMILES string of the molecule is CC(C)=CC(C)CCCC1C=C(C)C(=O)C(C)C1. The van der Waals surface area contributed by atoms with Crippen LogP contribution in [0, 0.1) is 17.8 Å². The Balaban J connectivity index is 2.37. The van der Waals surface area contributed by atoms with Gasteiger partial charge in [0, 0.05) is 5.92 Å². The van der Waals surface area contributed by atoms with Crippen molar-refractivity contribution in [2.75, 3.05) is 0 Å². The maximum atomic E-state index is 11.7. The van der Waals surface area contributed by atoms with E-state index < -0.39 is 0 Å². The van der Waals surface area contributed by atoms with Crippen LogP contribution in [-0.2, 0) is 4.79 Å². The van der Waals surface area contributed by atoms with Gasteiger partial charge in [0.25, 0.3) is 0 Å². The molecular formula is C17H28O. The molecule has 0 aromatic carbocycles. The van der Waals surface area contributed by atoms with Gasteiger partial charge in [0.05, 0.1) is 0 Å². The van der Waals surface area contributed by atoms with Crippen LogP contribution in [0.5, 0.6) is 0 Å². The fourth-order valence-electron chi connectivity index (χ4n) is 3.01. The van der Waals surface area contributed by atoms with Crippen molar-refractivity contribution in [2.45, 2.75) is 60.3 Å². The lowest BCUT2D eigenvalue weighted by Gasteiger charge is -2.24. The Hall–Kier alpha value is -0.850. The minimum Gasteiger partial charge on any atom is -0.294 e. The van der Waals surface area contributed by atoms with Crippen LogP contribution >= 0.6 is 0 Å². The second-order valence-corrected chi connectivity index (χ2v) is 6.26. The molecule has 1 rings (SSSR count). The first kappa shape index (κ1) is 15.2. The fraction of sp³-hybridized carbons (Fsp3) is 0.706. The Labute approximate surface area is 112 Å². The number of carbonyl (C=O) groups excluding carboxylic acids is 1. The first-order valence-corrected chi connectivity index (χ1v) is 7.27. The van der Waals surface area contributed by atoms with Crippen LogP contribution in [0.1, 0.15) is 60.3 Å². The van der Waals surface area contributed by atoms with E-state index in [0.717, 1.165) is 12.0 Å². The summed E-state index contributed by atoms with van der Waals surface area (Å²) in [5, 5.41) is 0. The van der Waals surface area contributed by atoms with Gasteiger partial charge >= 0.3 is 0 Å². The lowest BCUT2D eigenvalue weighted by atomic mass is 9.80. The number of hydrogen-bond acceptors (Lipinski definition) is 1. The molecule has 1 aliphatic rings. The predicted molar refractivity (Wildman–Crippen MR) is 78.5 cm³/mol. The summed E-state index contributed by atoms with van der Waals surface area (Å²) in [6.45, 7) is 10.7. The van der Waals surface area contributed by atoms with Crippen molar-refractivity contribution in [2.24, 2.45) is 17.8 Å². The smallest absolute Gasteiger partial charge is 0.161 e. The van der Waals surface area contributed by atoms with Crippen LogP contribution in [-0.4, -0.2) is 5.78 Å². The molecular weight excluding hydrogens is 220 g/mol. The normalized spacial score (nSPS) is 25.6. The Morgan fingerprint density at radius 1 is 1.50 bits per heavy atom. The summed E-state index contributed by atoms with van der Waals surface area (Å²) in [6, 6.07) is 0. The molecule has 3 unspecified atom stereocenters. The topological polar surface area (TPSA) is 17.1 Å². The minimum atomic E-state index is 0.232. The van der Waals surface area contributed by atoms with Crippen molar-refractivity contribution < 1.29 is 4.79 Å². The largest absolute Gasteiger partial charge is 0.294 e. The summed E-state index contributed by atoms with van der Waals surface area (Å²) < 4.78 is 0. The number of ketones is 1. The maximum Gasteiger partial charge on any atom is 0.161 e. The van der Waals surface area contributed by atoms with Gasteiger partial charge in [0.1, 0.15) is 0 Å². The molecule has 0 N–H and O–H groups in total. The van der Waals surface area contributed by atoms with Gasteiger partial charge in [-0.25, -0.2) is 0 Å². The van der Waals surface area contributed by atoms with Gasteiger partial charge in [-0.15, -0.1) is 0 Å². The molecule has 1 heteroatoms. The van der Waals surface area contributed by atoms with Crippen LogP contribution in [0.4, 0.5) is 0 Å². The first-order chi connectivity index (χ1) is 8.40. The molecule has 0 aromatic rings. The summed E-state index contributed by atoms with van der Waals surface area (Å²) in [5.74, 6) is 1.89. The number of carbonyl (C=O) groups is 1. The van der Waals surface area contributed by atoms with E-state index in [-0.39, 0.29) is 5.92 Å². The van der Waals surface area contributed by atoms with Crippen LogP contribution in [0.25, 0.3) is 0 Å². The molecule has 0 radical (unpaired) electrons. The summed E-state index contributed by atoms with van der Waals surface area (Å²) in [6.07, 6.45) is 9.36. The van der Waals surface area contributed by atoms with Crippen molar-refractivity contribution >= 4 is 5.78 Å². The highest BCUT2D eigenvalue weighted by Gasteiger charge is 2.24. The van der Waals surface area contributed by atoms with Crippen LogP contribution in [0.15, 0.2) is 23.3 Å². The van der Waals surface area contributed by atoms with Crippen molar-refractivity contribution in [3.63, 3.8) is 0 Å². The Morgan fingerprint density at radius 3 is 2.72 bits per heavy atom. The fourth-order valence-corrected chi connectivity index (χ4v) is 3.01. The molecule has 18 heavy (non-hydrogen) atoms. The van der Waals surface area contributed by atoms with Gasteiger partial charge in [0.2, 0.25) is 0 Å². The molecule has 0 spiro atoms. The molecule has 0 amide bonds. The van der Waals surface area contributed by atoms with Gasteiger partial charge in [-0.05, 0) is 57.4 Å². The molecule has 1 aliphatic carbocycles. The van der Waals surface area contributed by atoms with E-state index in [1.165, 1.54) is 24.8 Å². The molecule has 102 valence electrons. The van der Waals surface area contributed by atoms with E-state index in [1.807, 2.05) is 6.92 Å². The summed E-state index contributed by atoms with van der Waals surface area (Å²) in [4.78, 5) is 11.7. The van der Waals surface area contributed by atoms with Crippen molar-refractivity contribution in [3.8, 4) is 0 Å². The zero-order valence-electron chi connectivity index (χ0n) is 12.6. The van der Waals surface area contributed by atoms with Crippen molar-refractivity contribution in [3.05, 3.63) is 23.3 Å². The average molecular weight is 248 g/mol. The van der Waals surface area contributed by atoms with Crippen LogP contribution in [0.2, 0.25) is 0 Å². The lowest BCUT2D eigenvalue weighted by Crippen LogP contribution is -2.21. The quantitative estimate of drug-likeness (QED) is 0.630. The third-order valence-corrected chi connectivity index (χ3v) is 3.83. The van der Waals surface area contributed by atoms with Gasteiger partial charge < -0.3 is 0 Å². The van der Waals surface area contributed by atoms with E-state index in [2.05, 4.69) is 39.8 Å². The predicted octanol–water partition coefficient (Wildman–Crippen LogP) is 4.93. The van der Waals surface area contributed by atoms with E-state index in [1.54, 1.807) is 0 Å². The molecule has 1 nitrogen and oxygen atoms in total. The zero-order valence-corrected chi connectivity index (χ0v) is 12.6. The molecule has 0 heterocycles. The van der Waals surface area contributed by atoms with Gasteiger partial charge in [-0.3, -0.25) is 4.79 Å². The monoisotopic (exact) mass is 248 g/mol. The third kappa shape index (κ3) is 4.80. The second kappa shape index (κ2) is 6.92. The summed E-state index contributed by atoms with van der Waals surface area (Å²) in [7, 11) is 0. The van der Waals surface area contributed by atoms with Crippen molar-refractivity contribution in [1.82, 2.24) is 0 Å². The number of rotatable bonds is 5. The number of allylic oxidation sites excluding steroid dienone is 4.